The molecule has 1 fully saturated rings. The fourth-order valence-electron chi connectivity index (χ4n) is 3.32. The lowest BCUT2D eigenvalue weighted by Gasteiger charge is -2.33. The monoisotopic (exact) mass is 339 g/mol. The minimum absolute atomic E-state index is 0.0178. The molecule has 2 heterocycles. The van der Waals surface area contributed by atoms with Gasteiger partial charge >= 0.3 is 11.8 Å². The molecular formula is C18H20F3NO2. The number of rotatable bonds is 2. The first-order chi connectivity index (χ1) is 11.2. The van der Waals surface area contributed by atoms with Crippen LogP contribution in [0.2, 0.25) is 0 Å². The first kappa shape index (κ1) is 17.0. The zero-order chi connectivity index (χ0) is 17.5. The zero-order valence-electron chi connectivity index (χ0n) is 13.7. The average molecular weight is 339 g/mol. The Balaban J connectivity index is 1.92. The third-order valence-electron chi connectivity index (χ3n) is 4.81. The van der Waals surface area contributed by atoms with Gasteiger partial charge in [-0.3, -0.25) is 4.90 Å². The Morgan fingerprint density at radius 2 is 1.92 bits per heavy atom. The first-order valence-electron chi connectivity index (χ1n) is 8.07. The SMILES string of the molecule is Cc1cc2oc(=O)cc(CN3CCCC(C(F)(F)F)C3)c2cc1C. The highest BCUT2D eigenvalue weighted by Crippen LogP contribution is 2.34. The molecule has 3 rings (SSSR count). The molecular weight excluding hydrogens is 319 g/mol. The van der Waals surface area contributed by atoms with Gasteiger partial charge < -0.3 is 4.42 Å². The van der Waals surface area contributed by atoms with Crippen LogP contribution in [0.1, 0.15) is 29.5 Å². The standard InChI is InChI=1S/C18H20F3NO2/c1-11-6-15-13(8-17(23)24-16(15)7-12(11)2)9-22-5-3-4-14(10-22)18(19,20)21/h6-8,14H,3-5,9-10H2,1-2H3. The fraction of sp³-hybridized carbons (Fsp3) is 0.500. The van der Waals surface area contributed by atoms with E-state index in [0.29, 0.717) is 25.1 Å². The lowest BCUT2D eigenvalue weighted by Crippen LogP contribution is -2.41. The number of aryl methyl sites for hydroxylation is 2. The predicted octanol–water partition coefficient (Wildman–Crippen LogP) is 4.18. The van der Waals surface area contributed by atoms with Gasteiger partial charge in [0.2, 0.25) is 0 Å². The normalized spacial score (nSPS) is 19.8. The Labute approximate surface area is 138 Å². The van der Waals surface area contributed by atoms with Crippen LogP contribution in [0.5, 0.6) is 0 Å². The van der Waals surface area contributed by atoms with Crippen LogP contribution < -0.4 is 5.63 Å². The van der Waals surface area contributed by atoms with Crippen LogP contribution in [0, 0.1) is 19.8 Å². The molecule has 1 aromatic carbocycles. The van der Waals surface area contributed by atoms with E-state index in [-0.39, 0.29) is 13.0 Å². The van der Waals surface area contributed by atoms with E-state index in [4.69, 9.17) is 4.42 Å². The summed E-state index contributed by atoms with van der Waals surface area (Å²) in [6.45, 7) is 4.82. The summed E-state index contributed by atoms with van der Waals surface area (Å²) in [5.41, 5.74) is 2.82. The zero-order valence-corrected chi connectivity index (χ0v) is 13.7. The second-order valence-electron chi connectivity index (χ2n) is 6.64. The number of alkyl halides is 3. The van der Waals surface area contributed by atoms with Gasteiger partial charge in [0.05, 0.1) is 5.92 Å². The molecule has 1 saturated heterocycles. The summed E-state index contributed by atoms with van der Waals surface area (Å²) in [7, 11) is 0. The maximum atomic E-state index is 13.0. The highest BCUT2D eigenvalue weighted by molar-refractivity contribution is 5.81. The fourth-order valence-corrected chi connectivity index (χ4v) is 3.32. The highest BCUT2D eigenvalue weighted by atomic mass is 19.4. The van der Waals surface area contributed by atoms with Gasteiger partial charge in [0.15, 0.2) is 0 Å². The largest absolute Gasteiger partial charge is 0.423 e. The smallest absolute Gasteiger partial charge is 0.393 e. The molecule has 0 amide bonds. The Hall–Kier alpha value is -1.82. The van der Waals surface area contributed by atoms with Gasteiger partial charge in [0.25, 0.3) is 0 Å². The summed E-state index contributed by atoms with van der Waals surface area (Å²) < 4.78 is 44.2. The average Bonchev–Trinajstić information content (AvgIpc) is 2.49. The third-order valence-corrected chi connectivity index (χ3v) is 4.81. The van der Waals surface area contributed by atoms with Crippen molar-refractivity contribution in [3.8, 4) is 0 Å². The van der Waals surface area contributed by atoms with Crippen molar-refractivity contribution in [2.45, 2.75) is 39.4 Å². The van der Waals surface area contributed by atoms with E-state index in [2.05, 4.69) is 0 Å². The first-order valence-corrected chi connectivity index (χ1v) is 8.07. The second-order valence-corrected chi connectivity index (χ2v) is 6.64. The van der Waals surface area contributed by atoms with Crippen molar-refractivity contribution in [1.82, 2.24) is 4.90 Å². The van der Waals surface area contributed by atoms with Crippen molar-refractivity contribution in [2.24, 2.45) is 5.92 Å². The van der Waals surface area contributed by atoms with Crippen molar-refractivity contribution in [3.63, 3.8) is 0 Å². The molecule has 1 atom stereocenters. The number of fused-ring (bicyclic) bond motifs is 1. The summed E-state index contributed by atoms with van der Waals surface area (Å²) in [5.74, 6) is -1.29. The van der Waals surface area contributed by atoms with E-state index in [9.17, 15) is 18.0 Å². The Morgan fingerprint density at radius 1 is 1.21 bits per heavy atom. The van der Waals surface area contributed by atoms with Crippen molar-refractivity contribution >= 4 is 11.0 Å². The summed E-state index contributed by atoms with van der Waals surface area (Å²) in [5, 5.41) is 0.798. The topological polar surface area (TPSA) is 33.5 Å². The van der Waals surface area contributed by atoms with Gasteiger partial charge in [0.1, 0.15) is 5.58 Å². The van der Waals surface area contributed by atoms with Crippen LogP contribution >= 0.6 is 0 Å². The van der Waals surface area contributed by atoms with Crippen molar-refractivity contribution < 1.29 is 17.6 Å². The summed E-state index contributed by atoms with van der Waals surface area (Å²) >= 11 is 0. The molecule has 6 heteroatoms. The van der Waals surface area contributed by atoms with Crippen LogP contribution in [0.25, 0.3) is 11.0 Å². The van der Waals surface area contributed by atoms with Gasteiger partial charge in [-0.15, -0.1) is 0 Å². The molecule has 2 aromatic rings. The van der Waals surface area contributed by atoms with Gasteiger partial charge in [-0.1, -0.05) is 0 Å². The van der Waals surface area contributed by atoms with Crippen LogP contribution in [0.4, 0.5) is 13.2 Å². The number of piperidine rings is 1. The maximum Gasteiger partial charge on any atom is 0.393 e. The van der Waals surface area contributed by atoms with Crippen LogP contribution in [-0.4, -0.2) is 24.2 Å². The van der Waals surface area contributed by atoms with Crippen molar-refractivity contribution in [1.29, 1.82) is 0 Å². The van der Waals surface area contributed by atoms with E-state index in [1.165, 1.54) is 6.07 Å². The molecule has 1 aliphatic heterocycles. The number of hydrogen-bond acceptors (Lipinski definition) is 3. The van der Waals surface area contributed by atoms with E-state index < -0.39 is 17.7 Å². The molecule has 1 aromatic heterocycles. The predicted molar refractivity (Wildman–Crippen MR) is 86.0 cm³/mol. The van der Waals surface area contributed by atoms with Gasteiger partial charge in [0, 0.05) is 24.5 Å². The lowest BCUT2D eigenvalue weighted by molar-refractivity contribution is -0.187. The minimum atomic E-state index is -4.16. The van der Waals surface area contributed by atoms with Crippen molar-refractivity contribution in [3.05, 3.63) is 45.3 Å². The van der Waals surface area contributed by atoms with Crippen molar-refractivity contribution in [2.75, 3.05) is 13.1 Å². The molecule has 3 nitrogen and oxygen atoms in total. The molecule has 0 N–H and O–H groups in total. The number of nitrogens with zero attached hydrogens (tertiary/aromatic N) is 1. The molecule has 0 radical (unpaired) electrons. The summed E-state index contributed by atoms with van der Waals surface area (Å²) in [6, 6.07) is 5.15. The maximum absolute atomic E-state index is 13.0. The van der Waals surface area contributed by atoms with Crippen LogP contribution in [-0.2, 0) is 6.54 Å². The molecule has 0 bridgehead atoms. The number of hydrogen-bond donors (Lipinski definition) is 0. The quantitative estimate of drug-likeness (QED) is 0.770. The number of halogens is 3. The summed E-state index contributed by atoms with van der Waals surface area (Å²) in [6.07, 6.45) is -3.47. The molecule has 0 aliphatic carbocycles. The van der Waals surface area contributed by atoms with E-state index in [1.54, 1.807) is 4.90 Å². The number of benzene rings is 1. The molecule has 24 heavy (non-hydrogen) atoms. The highest BCUT2D eigenvalue weighted by Gasteiger charge is 2.41. The van der Waals surface area contributed by atoms with E-state index >= 15 is 0 Å². The molecule has 0 saturated carbocycles. The van der Waals surface area contributed by atoms with Gasteiger partial charge in [-0.2, -0.15) is 13.2 Å². The molecule has 1 aliphatic rings. The third kappa shape index (κ3) is 3.48. The van der Waals surface area contributed by atoms with Crippen LogP contribution in [0.3, 0.4) is 0 Å². The molecule has 0 spiro atoms. The summed E-state index contributed by atoms with van der Waals surface area (Å²) in [4.78, 5) is 13.6. The van der Waals surface area contributed by atoms with E-state index in [1.807, 2.05) is 26.0 Å². The minimum Gasteiger partial charge on any atom is -0.423 e. The lowest BCUT2D eigenvalue weighted by atomic mass is 9.96. The van der Waals surface area contributed by atoms with Gasteiger partial charge in [-0.25, -0.2) is 4.79 Å². The van der Waals surface area contributed by atoms with E-state index in [0.717, 1.165) is 22.1 Å². The van der Waals surface area contributed by atoms with Gasteiger partial charge in [-0.05, 0) is 62.1 Å². The Bertz CT molecular complexity index is 810. The molecule has 130 valence electrons. The number of likely N-dealkylation sites (tertiary alicyclic amines) is 1. The van der Waals surface area contributed by atoms with Crippen LogP contribution in [0.15, 0.2) is 27.4 Å². The second kappa shape index (κ2) is 6.24. The Kier molecular flexibility index (Phi) is 4.42. The Morgan fingerprint density at radius 3 is 2.62 bits per heavy atom. The molecule has 1 unspecified atom stereocenters.